The molecule has 8 heteroatoms. The molecule has 5 rings (SSSR count). The Labute approximate surface area is 191 Å². The third kappa shape index (κ3) is 4.65. The number of rotatable bonds is 4. The quantitative estimate of drug-likeness (QED) is 0.513. The number of nitrogens with one attached hydrogen (secondary N) is 1. The molecule has 0 spiro atoms. The number of aromatic nitrogens is 4. The number of morpholine rings is 1. The maximum absolute atomic E-state index is 13.1. The van der Waals surface area contributed by atoms with Crippen molar-refractivity contribution in [3.63, 3.8) is 0 Å². The number of nitrogens with zero attached hydrogens (tertiary/aromatic N) is 5. The smallest absolute Gasteiger partial charge is 0.254 e. The average molecular weight is 441 g/mol. The number of pyridine rings is 2. The van der Waals surface area contributed by atoms with Crippen LogP contribution in [0.2, 0.25) is 0 Å². The molecule has 0 bridgehead atoms. The Hall–Kier alpha value is -3.91. The first-order valence-electron chi connectivity index (χ1n) is 10.9. The van der Waals surface area contributed by atoms with Crippen LogP contribution in [0.5, 0.6) is 0 Å². The molecule has 1 aliphatic rings. The van der Waals surface area contributed by atoms with Crippen molar-refractivity contribution in [1.29, 1.82) is 0 Å². The second kappa shape index (κ2) is 8.91. The second-order valence-corrected chi connectivity index (χ2v) is 8.09. The van der Waals surface area contributed by atoms with Crippen molar-refractivity contribution in [1.82, 2.24) is 24.8 Å². The van der Waals surface area contributed by atoms with Crippen molar-refractivity contribution in [3.05, 3.63) is 83.6 Å². The van der Waals surface area contributed by atoms with Crippen molar-refractivity contribution >= 4 is 28.4 Å². The van der Waals surface area contributed by atoms with Crippen LogP contribution in [0.15, 0.2) is 60.9 Å². The van der Waals surface area contributed by atoms with E-state index in [-0.39, 0.29) is 12.0 Å². The number of carbonyl (C=O) groups excluding carboxylic acids is 1. The summed E-state index contributed by atoms with van der Waals surface area (Å²) in [6, 6.07) is 15.2. The van der Waals surface area contributed by atoms with Crippen LogP contribution in [-0.4, -0.2) is 50.4 Å². The molecule has 1 saturated heterocycles. The van der Waals surface area contributed by atoms with Crippen molar-refractivity contribution in [2.24, 2.45) is 0 Å². The van der Waals surface area contributed by atoms with E-state index in [4.69, 9.17) is 4.74 Å². The predicted octanol–water partition coefficient (Wildman–Crippen LogP) is 3.99. The zero-order valence-electron chi connectivity index (χ0n) is 18.5. The van der Waals surface area contributed by atoms with Gasteiger partial charge in [-0.25, -0.2) is 9.97 Å². The maximum Gasteiger partial charge on any atom is 0.254 e. The van der Waals surface area contributed by atoms with Crippen LogP contribution in [-0.2, 0) is 4.74 Å². The summed E-state index contributed by atoms with van der Waals surface area (Å²) in [5.74, 6) is 0.526. The van der Waals surface area contributed by atoms with Crippen LogP contribution in [0.1, 0.15) is 33.5 Å². The first-order chi connectivity index (χ1) is 16.0. The van der Waals surface area contributed by atoms with Crippen molar-refractivity contribution in [2.45, 2.75) is 20.0 Å². The lowest BCUT2D eigenvalue weighted by molar-refractivity contribution is -0.0247. The Morgan fingerprint density at radius 2 is 1.91 bits per heavy atom. The molecule has 0 radical (unpaired) electrons. The first-order valence-corrected chi connectivity index (χ1v) is 10.9. The van der Waals surface area contributed by atoms with Gasteiger partial charge in [-0.05, 0) is 56.3 Å². The Bertz CT molecular complexity index is 1290. The van der Waals surface area contributed by atoms with E-state index in [2.05, 4.69) is 25.3 Å². The van der Waals surface area contributed by atoms with Crippen molar-refractivity contribution < 1.29 is 9.53 Å². The van der Waals surface area contributed by atoms with E-state index in [1.165, 1.54) is 0 Å². The monoisotopic (exact) mass is 440 g/mol. The Morgan fingerprint density at radius 1 is 1.06 bits per heavy atom. The average Bonchev–Trinajstić information content (AvgIpc) is 2.83. The zero-order chi connectivity index (χ0) is 22.8. The molecular weight excluding hydrogens is 416 g/mol. The lowest BCUT2D eigenvalue weighted by Crippen LogP contribution is -2.42. The number of fused-ring (bicyclic) bond motifs is 1. The van der Waals surface area contributed by atoms with Crippen LogP contribution in [0.3, 0.4) is 0 Å². The van der Waals surface area contributed by atoms with Crippen LogP contribution in [0.4, 0.5) is 11.6 Å². The molecule has 1 amide bonds. The molecule has 33 heavy (non-hydrogen) atoms. The minimum Gasteiger partial charge on any atom is -0.368 e. The summed E-state index contributed by atoms with van der Waals surface area (Å²) >= 11 is 0. The molecule has 0 unspecified atom stereocenters. The van der Waals surface area contributed by atoms with E-state index in [9.17, 15) is 4.79 Å². The van der Waals surface area contributed by atoms with Crippen LogP contribution < -0.4 is 5.32 Å². The third-order valence-corrected chi connectivity index (χ3v) is 5.56. The Kier molecular flexibility index (Phi) is 5.66. The highest BCUT2D eigenvalue weighted by Gasteiger charge is 2.27. The Balaban J connectivity index is 1.28. The number of carbonyl (C=O) groups is 1. The summed E-state index contributed by atoms with van der Waals surface area (Å²) in [4.78, 5) is 32.6. The zero-order valence-corrected chi connectivity index (χ0v) is 18.5. The predicted molar refractivity (Wildman–Crippen MR) is 125 cm³/mol. The lowest BCUT2D eigenvalue weighted by Gasteiger charge is -2.32. The van der Waals surface area contributed by atoms with Gasteiger partial charge in [0.15, 0.2) is 0 Å². The molecule has 1 atom stereocenters. The summed E-state index contributed by atoms with van der Waals surface area (Å²) in [6.45, 7) is 5.32. The molecule has 1 N–H and O–H groups in total. The van der Waals surface area contributed by atoms with Gasteiger partial charge in [0.2, 0.25) is 5.95 Å². The van der Waals surface area contributed by atoms with E-state index in [1.807, 2.05) is 67.3 Å². The van der Waals surface area contributed by atoms with Crippen molar-refractivity contribution in [2.75, 3.05) is 25.0 Å². The van der Waals surface area contributed by atoms with Gasteiger partial charge in [-0.3, -0.25) is 14.8 Å². The molecule has 1 aromatic carbocycles. The number of aryl methyl sites for hydroxylation is 2. The van der Waals surface area contributed by atoms with E-state index >= 15 is 0 Å². The lowest BCUT2D eigenvalue weighted by atomic mass is 10.1. The first kappa shape index (κ1) is 21.0. The summed E-state index contributed by atoms with van der Waals surface area (Å²) in [5, 5.41) is 4.13. The molecular formula is C25H24N6O2. The van der Waals surface area contributed by atoms with E-state index in [0.717, 1.165) is 33.7 Å². The summed E-state index contributed by atoms with van der Waals surface area (Å²) in [7, 11) is 0. The largest absolute Gasteiger partial charge is 0.368 e. The number of anilines is 2. The van der Waals surface area contributed by atoms with Gasteiger partial charge < -0.3 is 15.0 Å². The second-order valence-electron chi connectivity index (χ2n) is 8.09. The summed E-state index contributed by atoms with van der Waals surface area (Å²) in [6.07, 6.45) is 3.20. The summed E-state index contributed by atoms with van der Waals surface area (Å²) in [5.41, 5.74) is 4.89. The highest BCUT2D eigenvalue weighted by molar-refractivity contribution is 5.98. The molecule has 8 nitrogen and oxygen atoms in total. The van der Waals surface area contributed by atoms with Crippen LogP contribution in [0, 0.1) is 13.8 Å². The maximum atomic E-state index is 13.1. The van der Waals surface area contributed by atoms with Gasteiger partial charge >= 0.3 is 0 Å². The standard InChI is InChI=1S/C25H24N6O2/c1-16-12-17(2)29-25(28-16)30-20-6-8-22(27-14-20)23-15-31(10-11-33-23)24(32)19-5-7-21-18(13-19)4-3-9-26-21/h3-9,12-14,23H,10-11,15H2,1-2H3,(H,28,29,30)/t23-/m0/s1. The SMILES string of the molecule is Cc1cc(C)nc(Nc2ccc([C@@H]3CN(C(=O)c4ccc5ncccc5c4)CCO3)nc2)n1. The van der Waals surface area contributed by atoms with Crippen molar-refractivity contribution in [3.8, 4) is 0 Å². The van der Waals surface area contributed by atoms with Gasteiger partial charge in [0.1, 0.15) is 6.10 Å². The number of benzene rings is 1. The fraction of sp³-hybridized carbons (Fsp3) is 0.240. The van der Waals surface area contributed by atoms with E-state index in [1.54, 1.807) is 12.4 Å². The fourth-order valence-corrected chi connectivity index (χ4v) is 3.98. The van der Waals surface area contributed by atoms with Gasteiger partial charge in [0, 0.05) is 35.1 Å². The topological polar surface area (TPSA) is 93.1 Å². The number of amides is 1. The van der Waals surface area contributed by atoms with E-state index in [0.29, 0.717) is 31.2 Å². The number of hydrogen-bond donors (Lipinski definition) is 1. The number of hydrogen-bond acceptors (Lipinski definition) is 7. The highest BCUT2D eigenvalue weighted by Crippen LogP contribution is 2.24. The molecule has 4 aromatic rings. The van der Waals surface area contributed by atoms with Gasteiger partial charge in [-0.1, -0.05) is 6.07 Å². The van der Waals surface area contributed by atoms with Gasteiger partial charge in [0.05, 0.1) is 36.2 Å². The molecule has 3 aromatic heterocycles. The van der Waals surface area contributed by atoms with E-state index < -0.39 is 0 Å². The summed E-state index contributed by atoms with van der Waals surface area (Å²) < 4.78 is 5.93. The molecule has 1 aliphatic heterocycles. The minimum absolute atomic E-state index is 0.0145. The van der Waals surface area contributed by atoms with Crippen LogP contribution >= 0.6 is 0 Å². The normalized spacial score (nSPS) is 16.1. The fourth-order valence-electron chi connectivity index (χ4n) is 3.98. The van der Waals surface area contributed by atoms with Gasteiger partial charge in [-0.2, -0.15) is 0 Å². The minimum atomic E-state index is -0.281. The number of ether oxygens (including phenoxy) is 1. The van der Waals surface area contributed by atoms with Gasteiger partial charge in [0.25, 0.3) is 5.91 Å². The Morgan fingerprint density at radius 3 is 2.70 bits per heavy atom. The molecule has 0 aliphatic carbocycles. The molecule has 166 valence electrons. The van der Waals surface area contributed by atoms with Gasteiger partial charge in [-0.15, -0.1) is 0 Å². The molecule has 4 heterocycles. The van der Waals surface area contributed by atoms with Crippen LogP contribution in [0.25, 0.3) is 10.9 Å². The molecule has 1 fully saturated rings. The third-order valence-electron chi connectivity index (χ3n) is 5.56. The highest BCUT2D eigenvalue weighted by atomic mass is 16.5. The molecule has 0 saturated carbocycles.